The molecule has 18 rings (SSSR count). The van der Waals surface area contributed by atoms with Crippen LogP contribution in [0, 0.1) is 6.92 Å². The third-order valence-electron chi connectivity index (χ3n) is 19.8. The summed E-state index contributed by atoms with van der Waals surface area (Å²) in [6.07, 6.45) is 0. The molecule has 9 heteroatoms. The van der Waals surface area contributed by atoms with Crippen LogP contribution in [0.25, 0.3) is 109 Å². The van der Waals surface area contributed by atoms with Crippen molar-refractivity contribution in [1.29, 1.82) is 0 Å². The molecule has 5 aliphatic heterocycles. The lowest BCUT2D eigenvalue weighted by molar-refractivity contribution is 0.00578. The zero-order chi connectivity index (χ0) is 61.4. The van der Waals surface area contributed by atoms with Crippen LogP contribution in [0.1, 0.15) is 61.0 Å². The maximum absolute atomic E-state index is 6.50. The van der Waals surface area contributed by atoms with E-state index in [1.807, 2.05) is 24.3 Å². The van der Waals surface area contributed by atoms with Crippen LogP contribution in [0.3, 0.4) is 0 Å². The number of ether oxygens (including phenoxy) is 3. The zero-order valence-corrected chi connectivity index (χ0v) is 52.0. The van der Waals surface area contributed by atoms with Gasteiger partial charge in [0.25, 0.3) is 0 Å². The average molecular weight is 1170 g/mol. The lowest BCUT2D eigenvalue weighted by Gasteiger charge is -2.32. The van der Waals surface area contributed by atoms with E-state index in [0.717, 1.165) is 78.4 Å². The maximum atomic E-state index is 6.50. The molecule has 0 N–H and O–H groups in total. The fourth-order valence-electron chi connectivity index (χ4n) is 13.6. The highest BCUT2D eigenvalue weighted by Gasteiger charge is 2.54. The summed E-state index contributed by atoms with van der Waals surface area (Å²) in [6, 6.07) is 83.4. The van der Waals surface area contributed by atoms with Gasteiger partial charge in [-0.2, -0.15) is 0 Å². The third-order valence-corrected chi connectivity index (χ3v) is 19.8. The molecule has 90 heavy (non-hydrogen) atoms. The first-order chi connectivity index (χ1) is 43.5. The molecule has 5 aliphatic rings. The van der Waals surface area contributed by atoms with Crippen molar-refractivity contribution in [1.82, 2.24) is 0 Å². The first kappa shape index (κ1) is 55.8. The van der Waals surface area contributed by atoms with Crippen LogP contribution in [0.15, 0.2) is 237 Å². The minimum absolute atomic E-state index is 0.372. The van der Waals surface area contributed by atoms with E-state index in [1.165, 1.54) is 82.0 Å². The fraction of sp³-hybridized carbons (Fsp3) is 0.160. The van der Waals surface area contributed by atoms with Crippen molar-refractivity contribution in [3.63, 3.8) is 0 Å². The van der Waals surface area contributed by atoms with Gasteiger partial charge in [-0.1, -0.05) is 188 Å². The summed E-state index contributed by atoms with van der Waals surface area (Å²) in [7, 11) is -0.801. The Labute approximate surface area is 526 Å². The Balaban J connectivity index is 0.000000120. The molecule has 0 bridgehead atoms. The number of hydrogen-bond acceptors (Lipinski definition) is 7. The summed E-state index contributed by atoms with van der Waals surface area (Å²) in [4.78, 5) is 0. The molecule has 438 valence electrons. The quantitative estimate of drug-likeness (QED) is 0.163. The molecule has 5 heterocycles. The molecule has 0 spiro atoms. The van der Waals surface area contributed by atoms with E-state index in [-0.39, 0.29) is 22.4 Å². The van der Waals surface area contributed by atoms with Gasteiger partial charge < -0.3 is 32.8 Å². The Hall–Kier alpha value is -9.47. The van der Waals surface area contributed by atoms with E-state index in [4.69, 9.17) is 32.8 Å². The van der Waals surface area contributed by atoms with Gasteiger partial charge in [0.15, 0.2) is 0 Å². The molecule has 0 aliphatic carbocycles. The molecule has 13 aromatic rings. The summed E-state index contributed by atoms with van der Waals surface area (Å²) >= 11 is 0. The average Bonchev–Trinajstić information content (AvgIpc) is 1.24. The van der Waals surface area contributed by atoms with Crippen LogP contribution in [-0.4, -0.2) is 36.6 Å². The van der Waals surface area contributed by atoms with Crippen molar-refractivity contribution >= 4 is 79.0 Å². The zero-order valence-electron chi connectivity index (χ0n) is 52.0. The highest BCUT2D eigenvalue weighted by Crippen LogP contribution is 2.52. The summed E-state index contributed by atoms with van der Waals surface area (Å²) < 4.78 is 44.3. The smallest absolute Gasteiger partial charge is 0.456 e. The van der Waals surface area contributed by atoms with Gasteiger partial charge in [-0.3, -0.25) is 0 Å². The molecule has 0 atom stereocenters. The van der Waals surface area contributed by atoms with Crippen molar-refractivity contribution in [2.45, 2.75) is 84.7 Å². The second-order valence-corrected chi connectivity index (χ2v) is 26.4. The van der Waals surface area contributed by atoms with Gasteiger partial charge in [-0.15, -0.1) is 0 Å². The summed E-state index contributed by atoms with van der Waals surface area (Å²) in [6.45, 7) is 18.7. The van der Waals surface area contributed by atoms with Gasteiger partial charge in [0, 0.05) is 32.8 Å². The molecular weight excluding hydrogens is 1110 g/mol. The van der Waals surface area contributed by atoms with Gasteiger partial charge in [-0.25, -0.2) is 0 Å². The number of hydrogen-bond donors (Lipinski definition) is 0. The van der Waals surface area contributed by atoms with Crippen LogP contribution >= 0.6 is 0 Å². The molecule has 0 aromatic heterocycles. The topological polar surface area (TPSA) is 64.6 Å². The lowest BCUT2D eigenvalue weighted by atomic mass is 9.70. The molecular formula is C81H66B2O7. The Morgan fingerprint density at radius 1 is 0.256 bits per heavy atom. The van der Waals surface area contributed by atoms with Crippen molar-refractivity contribution in [3.05, 3.63) is 242 Å². The first-order valence-electron chi connectivity index (χ1n) is 31.2. The fourth-order valence-corrected chi connectivity index (χ4v) is 13.6. The van der Waals surface area contributed by atoms with E-state index >= 15 is 0 Å². The monoisotopic (exact) mass is 1170 g/mol. The maximum Gasteiger partial charge on any atom is 0.495 e. The van der Waals surface area contributed by atoms with Crippen LogP contribution in [0.4, 0.5) is 0 Å². The van der Waals surface area contributed by atoms with Gasteiger partial charge in [0.05, 0.1) is 22.4 Å². The minimum Gasteiger partial charge on any atom is -0.456 e. The predicted octanol–water partition coefficient (Wildman–Crippen LogP) is 20.4. The molecule has 0 saturated carbocycles. The molecule has 0 amide bonds. The molecule has 0 radical (unpaired) electrons. The number of aryl methyl sites for hydroxylation is 1. The van der Waals surface area contributed by atoms with E-state index < -0.39 is 14.2 Å². The standard InChI is InChI=1S/C42H24O2.C22H30B2O4.C17H12O/c1-2-12-32-30(28-18-20-34-36-14-4-8-26-10-6-16-38(42(26)36)44-40(34)24-28)22-21-29(31(32)11-1)27-17-19-33-35-13-3-7-25-9-5-15-37(41(25)35)43-39(33)23-27;1-19(2)20(3,4)26-23(25-19)17-13-14-18(16-12-10-9-11-15(16)17)24-27-21(5,6)22(7,8)28-24;1-11-8-9-13-14-6-2-4-12-5-3-7-15(17(12)14)18-16(13)10-11/h1-24H;9-14H,1-8H3;2-10H,1H3. The van der Waals surface area contributed by atoms with Gasteiger partial charge in [-0.05, 0) is 204 Å². The first-order valence-corrected chi connectivity index (χ1v) is 31.2. The molecule has 0 unspecified atom stereocenters. The predicted molar refractivity (Wildman–Crippen MR) is 370 cm³/mol. The van der Waals surface area contributed by atoms with Crippen molar-refractivity contribution in [2.24, 2.45) is 0 Å². The molecule has 13 aromatic carbocycles. The summed E-state index contributed by atoms with van der Waals surface area (Å²) in [5, 5.41) is 11.8. The van der Waals surface area contributed by atoms with E-state index in [9.17, 15) is 0 Å². The Kier molecular flexibility index (Phi) is 12.9. The SMILES string of the molecule is CC1(C)OB(c2ccc(B3OC(C)(C)C(C)(C)O3)c3ccccc23)OC1(C)C.Cc1ccc2c(c1)Oc1cccc3cccc-2c13.c1cc2c3c(cccc3c1)-c1ccc(-c3ccc(-c4ccc5c(c4)Oc4cccc6cccc-5c46)c4ccccc34)cc1O2. The second kappa shape index (κ2) is 20.8. The van der Waals surface area contributed by atoms with Gasteiger partial charge in [0.1, 0.15) is 34.5 Å². The van der Waals surface area contributed by atoms with Crippen molar-refractivity contribution in [3.8, 4) is 90.1 Å². The number of benzene rings is 13. The van der Waals surface area contributed by atoms with Crippen LogP contribution in [0.2, 0.25) is 0 Å². The van der Waals surface area contributed by atoms with Crippen molar-refractivity contribution in [2.75, 3.05) is 0 Å². The van der Waals surface area contributed by atoms with Crippen LogP contribution in [-0.2, 0) is 18.6 Å². The van der Waals surface area contributed by atoms with Gasteiger partial charge in [0.2, 0.25) is 0 Å². The Morgan fingerprint density at radius 2 is 0.567 bits per heavy atom. The largest absolute Gasteiger partial charge is 0.495 e. The Bertz CT molecular complexity index is 4820. The molecule has 7 nitrogen and oxygen atoms in total. The second-order valence-electron chi connectivity index (χ2n) is 26.4. The van der Waals surface area contributed by atoms with Crippen LogP contribution < -0.4 is 25.1 Å². The molecule has 2 saturated heterocycles. The molecule has 2 fully saturated rings. The highest BCUT2D eigenvalue weighted by atomic mass is 16.7. The minimum atomic E-state index is -0.401. The number of fused-ring (bicyclic) bond motifs is 8. The van der Waals surface area contributed by atoms with E-state index in [2.05, 4.69) is 275 Å². The van der Waals surface area contributed by atoms with E-state index in [0.29, 0.717) is 0 Å². The van der Waals surface area contributed by atoms with Crippen molar-refractivity contribution < 1.29 is 32.8 Å². The van der Waals surface area contributed by atoms with Gasteiger partial charge >= 0.3 is 14.2 Å². The Morgan fingerprint density at radius 3 is 0.933 bits per heavy atom. The van der Waals surface area contributed by atoms with E-state index in [1.54, 1.807) is 0 Å². The summed E-state index contributed by atoms with van der Waals surface area (Å²) in [5.74, 6) is 5.53. The third kappa shape index (κ3) is 9.12. The lowest BCUT2D eigenvalue weighted by Crippen LogP contribution is -2.41. The highest BCUT2D eigenvalue weighted by molar-refractivity contribution is 6.69. The summed E-state index contributed by atoms with van der Waals surface area (Å²) in [5.41, 5.74) is 13.6. The number of rotatable bonds is 4. The normalized spacial score (nSPS) is 16.2. The van der Waals surface area contributed by atoms with Crippen LogP contribution in [0.5, 0.6) is 34.5 Å².